The second-order valence-corrected chi connectivity index (χ2v) is 7.50. The lowest BCUT2D eigenvalue weighted by atomic mass is 9.71. The lowest BCUT2D eigenvalue weighted by Crippen LogP contribution is -2.22. The zero-order valence-electron chi connectivity index (χ0n) is 16.1. The maximum atomic E-state index is 12.0. The first kappa shape index (κ1) is 16.8. The smallest absolute Gasteiger partial charge is 0.337 e. The van der Waals surface area contributed by atoms with Crippen LogP contribution in [0.4, 0.5) is 0 Å². The van der Waals surface area contributed by atoms with Crippen LogP contribution in [0, 0.1) is 0 Å². The van der Waals surface area contributed by atoms with E-state index in [0.717, 1.165) is 22.3 Å². The zero-order chi connectivity index (χ0) is 19.5. The normalized spacial score (nSPS) is 18.9. The second kappa shape index (κ2) is 5.83. The van der Waals surface area contributed by atoms with Crippen molar-refractivity contribution in [2.75, 3.05) is 14.2 Å². The van der Waals surface area contributed by atoms with Gasteiger partial charge in [-0.15, -0.1) is 0 Å². The number of methoxy groups -OCH3 is 2. The van der Waals surface area contributed by atoms with E-state index in [9.17, 15) is 4.79 Å². The van der Waals surface area contributed by atoms with Gasteiger partial charge in [0.2, 0.25) is 0 Å². The van der Waals surface area contributed by atoms with Crippen LogP contribution in [0.25, 0.3) is 28.5 Å². The summed E-state index contributed by atoms with van der Waals surface area (Å²) in [6.07, 6.45) is 6.70. The molecule has 28 heavy (non-hydrogen) atoms. The molecular formula is C25H20O3. The molecule has 5 rings (SSSR count). The van der Waals surface area contributed by atoms with Gasteiger partial charge in [-0.2, -0.15) is 0 Å². The van der Waals surface area contributed by atoms with E-state index >= 15 is 0 Å². The first-order valence-corrected chi connectivity index (χ1v) is 9.30. The van der Waals surface area contributed by atoms with Crippen molar-refractivity contribution in [1.82, 2.24) is 0 Å². The Labute approximate surface area is 163 Å². The molecule has 3 nitrogen and oxygen atoms in total. The van der Waals surface area contributed by atoms with Gasteiger partial charge in [0.1, 0.15) is 5.75 Å². The van der Waals surface area contributed by atoms with Crippen LogP contribution in [0.5, 0.6) is 5.75 Å². The van der Waals surface area contributed by atoms with Gasteiger partial charge in [-0.05, 0) is 75.9 Å². The maximum absolute atomic E-state index is 12.0. The van der Waals surface area contributed by atoms with E-state index in [1.54, 1.807) is 7.11 Å². The molecule has 0 spiro atoms. The Balaban J connectivity index is 1.69. The van der Waals surface area contributed by atoms with E-state index in [1.807, 2.05) is 24.3 Å². The van der Waals surface area contributed by atoms with Crippen molar-refractivity contribution in [2.24, 2.45) is 0 Å². The van der Waals surface area contributed by atoms with Gasteiger partial charge in [-0.3, -0.25) is 0 Å². The van der Waals surface area contributed by atoms with Gasteiger partial charge in [0, 0.05) is 5.41 Å². The first-order valence-electron chi connectivity index (χ1n) is 9.30. The molecule has 0 unspecified atom stereocenters. The van der Waals surface area contributed by atoms with Crippen molar-refractivity contribution < 1.29 is 14.3 Å². The first-order chi connectivity index (χ1) is 13.5. The van der Waals surface area contributed by atoms with Crippen molar-refractivity contribution in [3.05, 3.63) is 82.4 Å². The Morgan fingerprint density at radius 2 is 1.86 bits per heavy atom. The summed E-state index contributed by atoms with van der Waals surface area (Å²) >= 11 is 0. The van der Waals surface area contributed by atoms with Crippen LogP contribution in [0.2, 0.25) is 0 Å². The van der Waals surface area contributed by atoms with Gasteiger partial charge in [-0.25, -0.2) is 4.79 Å². The number of benzene rings is 3. The minimum atomic E-state index is -0.306. The summed E-state index contributed by atoms with van der Waals surface area (Å²) in [5.41, 5.74) is 6.34. The molecule has 0 heterocycles. The summed E-state index contributed by atoms with van der Waals surface area (Å²) in [4.78, 5) is 12.0. The number of fused-ring (bicyclic) bond motifs is 7. The van der Waals surface area contributed by atoms with E-state index < -0.39 is 0 Å². The number of esters is 1. The predicted octanol–water partition coefficient (Wildman–Crippen LogP) is 5.47. The standard InChI is InChI=1S/C25H20O3/c1-25-11-10-20-19-9-7-18(27-2)12-15(19)6-8-21(20)23(25)13-16-4-5-17(14-22(16)25)24(26)28-3/h4-14H,1-3H3/t25-/m1/s1. The van der Waals surface area contributed by atoms with Crippen LogP contribution in [-0.4, -0.2) is 20.2 Å². The molecule has 2 aliphatic carbocycles. The molecule has 0 aromatic heterocycles. The Bertz CT molecular complexity index is 1220. The third-order valence-electron chi connectivity index (χ3n) is 6.04. The molecule has 0 bridgehead atoms. The highest BCUT2D eigenvalue weighted by atomic mass is 16.5. The fourth-order valence-electron chi connectivity index (χ4n) is 4.49. The molecule has 0 radical (unpaired) electrons. The molecule has 0 fully saturated rings. The average molecular weight is 368 g/mol. The minimum Gasteiger partial charge on any atom is -0.497 e. The fourth-order valence-corrected chi connectivity index (χ4v) is 4.49. The van der Waals surface area contributed by atoms with Crippen molar-refractivity contribution in [3.63, 3.8) is 0 Å². The van der Waals surface area contributed by atoms with Gasteiger partial charge < -0.3 is 9.47 Å². The Morgan fingerprint density at radius 3 is 2.64 bits per heavy atom. The highest BCUT2D eigenvalue weighted by molar-refractivity contribution is 6.06. The van der Waals surface area contributed by atoms with Crippen LogP contribution < -0.4 is 4.74 Å². The van der Waals surface area contributed by atoms with E-state index in [4.69, 9.17) is 9.47 Å². The Kier molecular flexibility index (Phi) is 3.50. The van der Waals surface area contributed by atoms with E-state index in [-0.39, 0.29) is 11.4 Å². The molecule has 138 valence electrons. The number of hydrogen-bond acceptors (Lipinski definition) is 3. The monoisotopic (exact) mass is 368 g/mol. The SMILES string of the molecule is COC(=O)c1ccc2c(c1)[C@@]1(C)C=Cc3c(ccc4cc(OC)ccc34)C1=C2. The molecule has 0 amide bonds. The maximum Gasteiger partial charge on any atom is 0.337 e. The van der Waals surface area contributed by atoms with E-state index in [1.165, 1.54) is 29.2 Å². The molecular weight excluding hydrogens is 348 g/mol. The van der Waals surface area contributed by atoms with Crippen LogP contribution in [0.3, 0.4) is 0 Å². The van der Waals surface area contributed by atoms with E-state index in [2.05, 4.69) is 49.4 Å². The van der Waals surface area contributed by atoms with Crippen molar-refractivity contribution in [3.8, 4) is 5.75 Å². The Hall–Kier alpha value is -3.33. The lowest BCUT2D eigenvalue weighted by molar-refractivity contribution is 0.0600. The molecule has 3 aromatic carbocycles. The van der Waals surface area contributed by atoms with Crippen LogP contribution in [-0.2, 0) is 10.2 Å². The zero-order valence-corrected chi connectivity index (χ0v) is 16.1. The third-order valence-corrected chi connectivity index (χ3v) is 6.04. The predicted molar refractivity (Wildman–Crippen MR) is 113 cm³/mol. The third kappa shape index (κ3) is 2.19. The summed E-state index contributed by atoms with van der Waals surface area (Å²) in [5.74, 6) is 0.555. The summed E-state index contributed by atoms with van der Waals surface area (Å²) in [6, 6.07) is 16.3. The number of rotatable bonds is 2. The number of hydrogen-bond donors (Lipinski definition) is 0. The summed E-state index contributed by atoms with van der Waals surface area (Å²) in [6.45, 7) is 2.21. The Morgan fingerprint density at radius 1 is 1.00 bits per heavy atom. The van der Waals surface area contributed by atoms with Gasteiger partial charge in [0.15, 0.2) is 0 Å². The van der Waals surface area contributed by atoms with Gasteiger partial charge in [-0.1, -0.05) is 36.4 Å². The topological polar surface area (TPSA) is 35.5 Å². The highest BCUT2D eigenvalue weighted by Gasteiger charge is 2.39. The van der Waals surface area contributed by atoms with Gasteiger partial charge in [0.25, 0.3) is 0 Å². The summed E-state index contributed by atoms with van der Waals surface area (Å²) in [7, 11) is 3.10. The highest BCUT2D eigenvalue weighted by Crippen LogP contribution is 2.52. The van der Waals surface area contributed by atoms with Gasteiger partial charge in [0.05, 0.1) is 19.8 Å². The van der Waals surface area contributed by atoms with Crippen LogP contribution in [0.15, 0.2) is 54.6 Å². The molecule has 2 aliphatic rings. The fraction of sp³-hybridized carbons (Fsp3) is 0.160. The van der Waals surface area contributed by atoms with Crippen LogP contribution >= 0.6 is 0 Å². The largest absolute Gasteiger partial charge is 0.497 e. The molecule has 0 saturated heterocycles. The number of carbonyl (C=O) groups is 1. The second-order valence-electron chi connectivity index (χ2n) is 7.50. The molecule has 0 saturated carbocycles. The molecule has 3 heteroatoms. The van der Waals surface area contributed by atoms with Crippen molar-refractivity contribution in [1.29, 1.82) is 0 Å². The number of carbonyl (C=O) groups excluding carboxylic acids is 1. The summed E-state index contributed by atoms with van der Waals surface area (Å²) < 4.78 is 10.3. The minimum absolute atomic E-state index is 0.257. The van der Waals surface area contributed by atoms with Crippen LogP contribution in [0.1, 0.15) is 39.5 Å². The summed E-state index contributed by atoms with van der Waals surface area (Å²) in [5, 5.41) is 2.37. The molecule has 1 atom stereocenters. The number of ether oxygens (including phenoxy) is 2. The quantitative estimate of drug-likeness (QED) is 0.562. The number of allylic oxidation sites excluding steroid dienone is 2. The van der Waals surface area contributed by atoms with Crippen molar-refractivity contribution in [2.45, 2.75) is 12.3 Å². The average Bonchev–Trinajstić information content (AvgIpc) is 3.04. The van der Waals surface area contributed by atoms with E-state index in [0.29, 0.717) is 5.56 Å². The molecule has 3 aromatic rings. The van der Waals surface area contributed by atoms with Crippen molar-refractivity contribution >= 4 is 34.5 Å². The van der Waals surface area contributed by atoms with Gasteiger partial charge >= 0.3 is 5.97 Å². The molecule has 0 aliphatic heterocycles. The lowest BCUT2D eigenvalue weighted by Gasteiger charge is -2.31. The molecule has 0 N–H and O–H groups in total.